The Morgan fingerprint density at radius 2 is 1.78 bits per heavy atom. The summed E-state index contributed by atoms with van der Waals surface area (Å²) in [6.45, 7) is 4.93. The third kappa shape index (κ3) is 3.15. The number of thioether (sulfide) groups is 1. The second kappa shape index (κ2) is 6.07. The molecular weight excluding hydrogens is 238 g/mol. The zero-order valence-electron chi connectivity index (χ0n) is 10.9. The SMILES string of the molecule is Cc1ccccc1CSc1ccc(CN)cc1C. The molecule has 2 aromatic carbocycles. The molecule has 0 aliphatic rings. The second-order valence-corrected chi connectivity index (χ2v) is 5.54. The van der Waals surface area contributed by atoms with E-state index in [1.165, 1.54) is 27.1 Å². The van der Waals surface area contributed by atoms with E-state index in [-0.39, 0.29) is 0 Å². The predicted molar refractivity (Wildman–Crippen MR) is 79.8 cm³/mol. The second-order valence-electron chi connectivity index (χ2n) is 4.52. The summed E-state index contributed by atoms with van der Waals surface area (Å²) in [7, 11) is 0. The minimum Gasteiger partial charge on any atom is -0.326 e. The standard InChI is InChI=1S/C16H19NS/c1-12-5-3-4-6-15(12)11-18-16-8-7-14(10-17)9-13(16)2/h3-9H,10-11,17H2,1-2H3. The molecule has 2 N–H and O–H groups in total. The number of rotatable bonds is 4. The first kappa shape index (κ1) is 13.2. The molecule has 0 fully saturated rings. The molecule has 0 radical (unpaired) electrons. The first-order valence-corrected chi connectivity index (χ1v) is 7.16. The number of hydrogen-bond donors (Lipinski definition) is 1. The summed E-state index contributed by atoms with van der Waals surface area (Å²) in [5.74, 6) is 1.02. The maximum absolute atomic E-state index is 5.65. The largest absolute Gasteiger partial charge is 0.326 e. The van der Waals surface area contributed by atoms with Crippen molar-refractivity contribution < 1.29 is 0 Å². The fourth-order valence-corrected chi connectivity index (χ4v) is 3.01. The van der Waals surface area contributed by atoms with Gasteiger partial charge in [-0.2, -0.15) is 0 Å². The van der Waals surface area contributed by atoms with E-state index in [1.807, 2.05) is 11.8 Å². The maximum atomic E-state index is 5.65. The van der Waals surface area contributed by atoms with Gasteiger partial charge in [0.15, 0.2) is 0 Å². The van der Waals surface area contributed by atoms with Gasteiger partial charge in [-0.25, -0.2) is 0 Å². The van der Waals surface area contributed by atoms with Crippen LogP contribution in [0.15, 0.2) is 47.4 Å². The molecule has 0 aliphatic heterocycles. The molecule has 2 rings (SSSR count). The molecule has 1 nitrogen and oxygen atoms in total. The number of hydrogen-bond acceptors (Lipinski definition) is 2. The molecule has 0 heterocycles. The summed E-state index contributed by atoms with van der Waals surface area (Å²) in [4.78, 5) is 1.34. The summed E-state index contributed by atoms with van der Waals surface area (Å²) in [5.41, 5.74) is 10.9. The van der Waals surface area contributed by atoms with Crippen LogP contribution in [0.1, 0.15) is 22.3 Å². The van der Waals surface area contributed by atoms with Crippen LogP contribution in [0.5, 0.6) is 0 Å². The van der Waals surface area contributed by atoms with Gasteiger partial charge in [-0.1, -0.05) is 36.4 Å². The van der Waals surface area contributed by atoms with Crippen LogP contribution in [0.3, 0.4) is 0 Å². The van der Waals surface area contributed by atoms with Crippen LogP contribution in [0.4, 0.5) is 0 Å². The third-order valence-corrected chi connectivity index (χ3v) is 4.34. The zero-order chi connectivity index (χ0) is 13.0. The Balaban J connectivity index is 2.09. The van der Waals surface area contributed by atoms with Crippen LogP contribution in [0.2, 0.25) is 0 Å². The van der Waals surface area contributed by atoms with Crippen LogP contribution < -0.4 is 5.73 Å². The zero-order valence-corrected chi connectivity index (χ0v) is 11.8. The van der Waals surface area contributed by atoms with Gasteiger partial charge in [0.05, 0.1) is 0 Å². The Kier molecular flexibility index (Phi) is 4.45. The molecule has 0 bridgehead atoms. The highest BCUT2D eigenvalue weighted by Crippen LogP contribution is 2.27. The van der Waals surface area contributed by atoms with Gasteiger partial charge in [0.1, 0.15) is 0 Å². The Morgan fingerprint density at radius 1 is 1.00 bits per heavy atom. The summed E-state index contributed by atoms with van der Waals surface area (Å²) in [6, 6.07) is 15.0. The number of aryl methyl sites for hydroxylation is 2. The molecule has 0 saturated carbocycles. The summed E-state index contributed by atoms with van der Waals surface area (Å²) in [6.07, 6.45) is 0. The fraction of sp³-hybridized carbons (Fsp3) is 0.250. The summed E-state index contributed by atoms with van der Waals surface area (Å²) in [5, 5.41) is 0. The predicted octanol–water partition coefficient (Wildman–Crippen LogP) is 4.05. The molecule has 0 unspecified atom stereocenters. The van der Waals surface area contributed by atoms with E-state index in [0.717, 1.165) is 5.75 Å². The number of nitrogens with two attached hydrogens (primary N) is 1. The van der Waals surface area contributed by atoms with E-state index in [1.54, 1.807) is 0 Å². The van der Waals surface area contributed by atoms with Crippen LogP contribution in [-0.4, -0.2) is 0 Å². The van der Waals surface area contributed by atoms with Crippen molar-refractivity contribution in [3.63, 3.8) is 0 Å². The van der Waals surface area contributed by atoms with Crippen molar-refractivity contribution in [1.29, 1.82) is 0 Å². The normalized spacial score (nSPS) is 10.6. The van der Waals surface area contributed by atoms with Gasteiger partial charge in [-0.3, -0.25) is 0 Å². The van der Waals surface area contributed by atoms with Gasteiger partial charge < -0.3 is 5.73 Å². The first-order valence-electron chi connectivity index (χ1n) is 6.17. The van der Waals surface area contributed by atoms with E-state index in [9.17, 15) is 0 Å². The van der Waals surface area contributed by atoms with E-state index in [4.69, 9.17) is 5.73 Å². The summed E-state index contributed by atoms with van der Waals surface area (Å²) >= 11 is 1.89. The first-order chi connectivity index (χ1) is 8.70. The van der Waals surface area contributed by atoms with Gasteiger partial charge in [-0.15, -0.1) is 11.8 Å². The molecule has 0 saturated heterocycles. The molecule has 0 aliphatic carbocycles. The lowest BCUT2D eigenvalue weighted by atomic mass is 10.1. The van der Waals surface area contributed by atoms with Gasteiger partial charge in [0.25, 0.3) is 0 Å². The van der Waals surface area contributed by atoms with Gasteiger partial charge in [0, 0.05) is 17.2 Å². The van der Waals surface area contributed by atoms with Crippen molar-refractivity contribution in [2.24, 2.45) is 5.73 Å². The van der Waals surface area contributed by atoms with Gasteiger partial charge in [0.2, 0.25) is 0 Å². The average molecular weight is 257 g/mol. The van der Waals surface area contributed by atoms with Crippen molar-refractivity contribution in [1.82, 2.24) is 0 Å². The summed E-state index contributed by atoms with van der Waals surface area (Å²) < 4.78 is 0. The number of benzene rings is 2. The van der Waals surface area contributed by atoms with Gasteiger partial charge >= 0.3 is 0 Å². The Labute approximate surface area is 113 Å². The highest BCUT2D eigenvalue weighted by atomic mass is 32.2. The lowest BCUT2D eigenvalue weighted by molar-refractivity contribution is 1.05. The molecular formula is C16H19NS. The lowest BCUT2D eigenvalue weighted by Crippen LogP contribution is -1.96. The van der Waals surface area contributed by atoms with Crippen LogP contribution in [0.25, 0.3) is 0 Å². The van der Waals surface area contributed by atoms with Crippen molar-refractivity contribution in [2.45, 2.75) is 31.0 Å². The minimum atomic E-state index is 0.615. The minimum absolute atomic E-state index is 0.615. The van der Waals surface area contributed by atoms with E-state index in [2.05, 4.69) is 56.3 Å². The van der Waals surface area contributed by atoms with Crippen molar-refractivity contribution in [3.8, 4) is 0 Å². The molecule has 2 aromatic rings. The highest BCUT2D eigenvalue weighted by Gasteiger charge is 2.02. The topological polar surface area (TPSA) is 26.0 Å². The third-order valence-electron chi connectivity index (χ3n) is 3.12. The van der Waals surface area contributed by atoms with Crippen LogP contribution in [0, 0.1) is 13.8 Å². The maximum Gasteiger partial charge on any atom is 0.0234 e. The molecule has 0 spiro atoms. The molecule has 0 amide bonds. The van der Waals surface area contributed by atoms with Crippen LogP contribution in [-0.2, 0) is 12.3 Å². The highest BCUT2D eigenvalue weighted by molar-refractivity contribution is 7.98. The molecule has 18 heavy (non-hydrogen) atoms. The van der Waals surface area contributed by atoms with E-state index < -0.39 is 0 Å². The van der Waals surface area contributed by atoms with Gasteiger partial charge in [-0.05, 0) is 42.2 Å². The van der Waals surface area contributed by atoms with Crippen LogP contribution >= 0.6 is 11.8 Å². The Morgan fingerprint density at radius 3 is 2.44 bits per heavy atom. The average Bonchev–Trinajstić information content (AvgIpc) is 2.39. The van der Waals surface area contributed by atoms with E-state index >= 15 is 0 Å². The molecule has 2 heteroatoms. The monoisotopic (exact) mass is 257 g/mol. The Hall–Kier alpha value is -1.25. The molecule has 0 aromatic heterocycles. The van der Waals surface area contributed by atoms with Crippen molar-refractivity contribution in [3.05, 3.63) is 64.7 Å². The van der Waals surface area contributed by atoms with Crippen molar-refractivity contribution in [2.75, 3.05) is 0 Å². The molecule has 0 atom stereocenters. The quantitative estimate of drug-likeness (QED) is 0.836. The van der Waals surface area contributed by atoms with E-state index in [0.29, 0.717) is 6.54 Å². The lowest BCUT2D eigenvalue weighted by Gasteiger charge is -2.09. The molecule has 94 valence electrons. The fourth-order valence-electron chi connectivity index (χ4n) is 1.93. The Bertz CT molecular complexity index is 534. The smallest absolute Gasteiger partial charge is 0.0234 e. The van der Waals surface area contributed by atoms with Crippen molar-refractivity contribution >= 4 is 11.8 Å².